The molecule has 4 rings (SSSR count). The van der Waals surface area contributed by atoms with Crippen LogP contribution < -0.4 is 0 Å². The van der Waals surface area contributed by atoms with E-state index in [1.165, 1.54) is 98.5 Å². The van der Waals surface area contributed by atoms with Crippen LogP contribution in [0, 0.1) is 122 Å². The minimum Gasteiger partial charge on any atom is -0.438 e. The molecule has 0 aliphatic rings. The zero-order chi connectivity index (χ0) is 42.1. The van der Waals surface area contributed by atoms with E-state index in [1.54, 1.807) is 0 Å². The molecule has 0 amide bonds. The lowest BCUT2D eigenvalue weighted by atomic mass is 10.0. The first-order valence-electron chi connectivity index (χ1n) is 16.4. The SMILES string of the molecule is Cc1c(I)c(C)c(I)c(C#CN(C)C(C)c2c(I)c(C)c(I)c(C)c2I)c1I.Cc1c(I)c(C)c(I)c(C#COC(C)c2c(I)c(C)c(I)c(C)c2I)c1I. The number of nitrogens with zero attached hydrogens (tertiary/aromatic N) is 1. The van der Waals surface area contributed by atoms with Crippen molar-refractivity contribution in [3.8, 4) is 24.0 Å². The molecule has 294 valence electrons. The third kappa shape index (κ3) is 12.2. The summed E-state index contributed by atoms with van der Waals surface area (Å²) in [6.07, 6.45) is 2.92. The van der Waals surface area contributed by atoms with Crippen LogP contribution in [0.2, 0.25) is 0 Å². The molecule has 0 spiro atoms. The first-order chi connectivity index (χ1) is 25.4. The fourth-order valence-electron chi connectivity index (χ4n) is 5.44. The summed E-state index contributed by atoms with van der Waals surface area (Å²) in [5.41, 5.74) is 15.4. The fourth-order valence-corrected chi connectivity index (χ4v) is 20.4. The molecule has 0 radical (unpaired) electrons. The molecule has 14 heteroatoms. The van der Waals surface area contributed by atoms with E-state index >= 15 is 0 Å². The zero-order valence-electron chi connectivity index (χ0n) is 31.5. The lowest BCUT2D eigenvalue weighted by molar-refractivity contribution is 0.186. The Morgan fingerprint density at radius 3 is 1.00 bits per heavy atom. The molecule has 0 aliphatic carbocycles. The standard InChI is InChI=1S/C21H19I6N.C20H16I6O/c1-9-16(22)10(2)19(25)14(18(9)24)7-8-28(6)13(5)15-20(26)11(3)17(23)12(4)21(15)27;1-8-15(21)9(2)18(24)13(17(8)23)6-7-27-12(5)14-19(25)10(3)16(22)11(4)20(14)26/h13H,1-6H3;12H,1-5H3. The lowest BCUT2D eigenvalue weighted by Gasteiger charge is -2.26. The summed E-state index contributed by atoms with van der Waals surface area (Å²) >= 11 is 29.3. The highest BCUT2D eigenvalue weighted by atomic mass is 127. The third-order valence-corrected chi connectivity index (χ3v) is 26.7. The van der Waals surface area contributed by atoms with Crippen molar-refractivity contribution in [2.45, 2.75) is 81.4 Å². The predicted molar refractivity (Wildman–Crippen MR) is 336 cm³/mol. The van der Waals surface area contributed by atoms with Crippen LogP contribution in [0.25, 0.3) is 0 Å². The van der Waals surface area contributed by atoms with Crippen LogP contribution in [-0.4, -0.2) is 11.9 Å². The van der Waals surface area contributed by atoms with Gasteiger partial charge in [0.2, 0.25) is 0 Å². The van der Waals surface area contributed by atoms with Crippen molar-refractivity contribution in [3.05, 3.63) is 110 Å². The molecule has 0 saturated carbocycles. The van der Waals surface area contributed by atoms with Crippen molar-refractivity contribution in [3.63, 3.8) is 0 Å². The third-order valence-electron chi connectivity index (χ3n) is 9.27. The molecule has 0 heterocycles. The average Bonchev–Trinajstić information content (AvgIpc) is 3.16. The normalized spacial score (nSPS) is 11.8. The molecule has 0 fully saturated rings. The van der Waals surface area contributed by atoms with E-state index in [2.05, 4.69) is 376 Å². The molecule has 2 atom stereocenters. The second-order valence-corrected chi connectivity index (χ2v) is 25.8. The van der Waals surface area contributed by atoms with Gasteiger partial charge in [-0.25, -0.2) is 0 Å². The van der Waals surface area contributed by atoms with E-state index in [0.717, 1.165) is 11.1 Å². The minimum absolute atomic E-state index is 0.0768. The number of hydrogen-bond acceptors (Lipinski definition) is 2. The quantitative estimate of drug-likeness (QED) is 0.115. The molecular formula is C41H35I12NO. The largest absolute Gasteiger partial charge is 0.438 e. The van der Waals surface area contributed by atoms with Crippen LogP contribution in [0.3, 0.4) is 0 Å². The number of ether oxygens (including phenoxy) is 1. The maximum Gasteiger partial charge on any atom is 0.135 e. The van der Waals surface area contributed by atoms with E-state index in [1.807, 2.05) is 0 Å². The van der Waals surface area contributed by atoms with Gasteiger partial charge in [-0.05, 0) is 397 Å². The highest BCUT2D eigenvalue weighted by Crippen LogP contribution is 2.38. The maximum absolute atomic E-state index is 5.98. The molecule has 0 saturated heterocycles. The summed E-state index contributed by atoms with van der Waals surface area (Å²) in [5.74, 6) is 6.74. The van der Waals surface area contributed by atoms with Crippen LogP contribution in [0.4, 0.5) is 0 Å². The summed E-state index contributed by atoms with van der Waals surface area (Å²) in [6.45, 7) is 21.8. The molecular weight excluding hydrogens is 2050 g/mol. The van der Waals surface area contributed by atoms with E-state index in [4.69, 9.17) is 4.74 Å². The van der Waals surface area contributed by atoms with Crippen molar-refractivity contribution < 1.29 is 4.74 Å². The van der Waals surface area contributed by atoms with Crippen LogP contribution in [-0.2, 0) is 4.74 Å². The van der Waals surface area contributed by atoms with Crippen molar-refractivity contribution in [2.24, 2.45) is 0 Å². The molecule has 0 aliphatic heterocycles. The second kappa shape index (κ2) is 23.5. The Labute approximate surface area is 492 Å². The van der Waals surface area contributed by atoms with Crippen molar-refractivity contribution >= 4 is 271 Å². The lowest BCUT2D eigenvalue weighted by Crippen LogP contribution is -2.20. The van der Waals surface area contributed by atoms with Crippen LogP contribution >= 0.6 is 271 Å². The Morgan fingerprint density at radius 2 is 0.673 bits per heavy atom. The van der Waals surface area contributed by atoms with Gasteiger partial charge < -0.3 is 9.64 Å². The number of benzene rings is 4. The van der Waals surface area contributed by atoms with Crippen molar-refractivity contribution in [2.75, 3.05) is 7.05 Å². The molecule has 0 bridgehead atoms. The van der Waals surface area contributed by atoms with Gasteiger partial charge in [0.1, 0.15) is 12.2 Å². The smallest absolute Gasteiger partial charge is 0.135 e. The summed E-state index contributed by atoms with van der Waals surface area (Å²) in [4.78, 5) is 2.15. The van der Waals surface area contributed by atoms with Gasteiger partial charge in [0.25, 0.3) is 0 Å². The first kappa shape index (κ1) is 53.7. The Bertz CT molecular complexity index is 2210. The van der Waals surface area contributed by atoms with Crippen molar-refractivity contribution in [1.82, 2.24) is 4.90 Å². The van der Waals surface area contributed by atoms with E-state index in [-0.39, 0.29) is 12.1 Å². The molecule has 2 nitrogen and oxygen atoms in total. The molecule has 0 N–H and O–H groups in total. The van der Waals surface area contributed by atoms with E-state index in [0.29, 0.717) is 0 Å². The topological polar surface area (TPSA) is 12.5 Å². The van der Waals surface area contributed by atoms with Gasteiger partial charge in [-0.3, -0.25) is 0 Å². The van der Waals surface area contributed by atoms with Crippen molar-refractivity contribution in [1.29, 1.82) is 0 Å². The highest BCUT2D eigenvalue weighted by molar-refractivity contribution is 14.1. The van der Waals surface area contributed by atoms with Crippen LogP contribution in [0.15, 0.2) is 0 Å². The second-order valence-electron chi connectivity index (χ2n) is 12.9. The summed E-state index contributed by atoms with van der Waals surface area (Å²) in [7, 11) is 2.10. The Kier molecular flexibility index (Phi) is 23.0. The van der Waals surface area contributed by atoms with Crippen LogP contribution in [0.1, 0.15) is 92.8 Å². The number of rotatable bonds is 4. The summed E-state index contributed by atoms with van der Waals surface area (Å²) in [6, 6.07) is 3.65. The molecule has 0 aromatic heterocycles. The summed E-state index contributed by atoms with van der Waals surface area (Å²) in [5, 5.41) is 0. The monoisotopic (exact) mass is 2080 g/mol. The predicted octanol–water partition coefficient (Wildman–Crippen LogP) is 17.2. The van der Waals surface area contributed by atoms with Gasteiger partial charge in [0.15, 0.2) is 0 Å². The van der Waals surface area contributed by atoms with Gasteiger partial charge in [0.05, 0.1) is 17.2 Å². The van der Waals surface area contributed by atoms with Gasteiger partial charge >= 0.3 is 0 Å². The fraction of sp³-hybridized carbons (Fsp3) is 0.317. The Morgan fingerprint density at radius 1 is 0.400 bits per heavy atom. The van der Waals surface area contributed by atoms with Gasteiger partial charge in [-0.2, -0.15) is 0 Å². The maximum atomic E-state index is 5.98. The van der Waals surface area contributed by atoms with Crippen LogP contribution in [0.5, 0.6) is 0 Å². The number of halogens is 12. The Hall–Kier alpha value is 4.36. The minimum atomic E-state index is -0.0768. The van der Waals surface area contributed by atoms with E-state index in [9.17, 15) is 0 Å². The first-order valence-corrected chi connectivity index (χ1v) is 29.3. The number of hydrogen-bond donors (Lipinski definition) is 0. The highest BCUT2D eigenvalue weighted by Gasteiger charge is 2.23. The van der Waals surface area contributed by atoms with Gasteiger partial charge in [-0.15, -0.1) is 0 Å². The zero-order valence-corrected chi connectivity index (χ0v) is 57.4. The Balaban J connectivity index is 0.000000296. The molecule has 55 heavy (non-hydrogen) atoms. The summed E-state index contributed by atoms with van der Waals surface area (Å²) < 4.78 is 21.5. The molecule has 4 aromatic carbocycles. The van der Waals surface area contributed by atoms with Gasteiger partial charge in [-0.1, -0.05) is 0 Å². The van der Waals surface area contributed by atoms with E-state index < -0.39 is 0 Å². The average molecular weight is 2080 g/mol. The molecule has 2 unspecified atom stereocenters. The molecule has 4 aromatic rings. The van der Waals surface area contributed by atoms with Gasteiger partial charge in [0, 0.05) is 67.1 Å².